The molecule has 3 nitrogen and oxygen atoms in total. The van der Waals surface area contributed by atoms with Crippen LogP contribution in [0.4, 0.5) is 4.79 Å². The van der Waals surface area contributed by atoms with Gasteiger partial charge in [-0.3, -0.25) is 0 Å². The maximum atomic E-state index is 12.3. The molecule has 1 heterocycles. The monoisotopic (exact) mass is 351 g/mol. The van der Waals surface area contributed by atoms with Gasteiger partial charge in [-0.2, -0.15) is 0 Å². The molecule has 0 spiro atoms. The van der Waals surface area contributed by atoms with Gasteiger partial charge in [-0.25, -0.2) is 4.79 Å². The zero-order valence-electron chi connectivity index (χ0n) is 16.0. The molecule has 2 aromatic carbocycles. The molecular weight excluding hydrogens is 322 g/mol. The maximum Gasteiger partial charge on any atom is 0.410 e. The van der Waals surface area contributed by atoms with E-state index in [1.165, 1.54) is 11.1 Å². The summed E-state index contributed by atoms with van der Waals surface area (Å²) in [6, 6.07) is 21.5. The van der Waals surface area contributed by atoms with E-state index in [0.717, 1.165) is 25.9 Å². The van der Waals surface area contributed by atoms with Gasteiger partial charge in [0.25, 0.3) is 0 Å². The number of likely N-dealkylation sites (tertiary alicyclic amines) is 1. The summed E-state index contributed by atoms with van der Waals surface area (Å²) in [6.07, 6.45) is 1.80. The molecule has 0 radical (unpaired) electrons. The predicted molar refractivity (Wildman–Crippen MR) is 105 cm³/mol. The van der Waals surface area contributed by atoms with E-state index in [4.69, 9.17) is 4.74 Å². The number of hydrogen-bond acceptors (Lipinski definition) is 2. The highest BCUT2D eigenvalue weighted by Gasteiger charge is 2.32. The highest BCUT2D eigenvalue weighted by molar-refractivity contribution is 5.68. The van der Waals surface area contributed by atoms with Crippen molar-refractivity contribution in [3.05, 3.63) is 71.8 Å². The number of ether oxygens (including phenoxy) is 1. The fraction of sp³-hybridized carbons (Fsp3) is 0.435. The van der Waals surface area contributed by atoms with Crippen LogP contribution in [0.3, 0.4) is 0 Å². The summed E-state index contributed by atoms with van der Waals surface area (Å²) in [5, 5.41) is 0. The minimum Gasteiger partial charge on any atom is -0.444 e. The summed E-state index contributed by atoms with van der Waals surface area (Å²) in [7, 11) is 0. The minimum atomic E-state index is -0.440. The molecule has 1 fully saturated rings. The van der Waals surface area contributed by atoms with Crippen molar-refractivity contribution < 1.29 is 9.53 Å². The third kappa shape index (κ3) is 4.66. The molecule has 0 saturated carbocycles. The van der Waals surface area contributed by atoms with Crippen molar-refractivity contribution in [3.8, 4) is 0 Å². The van der Waals surface area contributed by atoms with Crippen molar-refractivity contribution >= 4 is 6.09 Å². The minimum absolute atomic E-state index is 0.188. The lowest BCUT2D eigenvalue weighted by atomic mass is 9.76. The van der Waals surface area contributed by atoms with Crippen LogP contribution < -0.4 is 0 Å². The Labute approximate surface area is 157 Å². The molecule has 1 saturated heterocycles. The third-order valence-corrected chi connectivity index (χ3v) is 4.98. The molecule has 0 atom stereocenters. The number of hydrogen-bond donors (Lipinski definition) is 0. The summed E-state index contributed by atoms with van der Waals surface area (Å²) in [5.74, 6) is 0.900. The molecule has 1 aliphatic rings. The third-order valence-electron chi connectivity index (χ3n) is 4.98. The van der Waals surface area contributed by atoms with Crippen molar-refractivity contribution in [2.75, 3.05) is 13.1 Å². The van der Waals surface area contributed by atoms with Gasteiger partial charge in [0.2, 0.25) is 0 Å². The number of carbonyl (C=O) groups is 1. The van der Waals surface area contributed by atoms with Crippen LogP contribution in [0.15, 0.2) is 60.7 Å². The SMILES string of the molecule is CC(C)(C)OC(=O)N1CCC(C(c2ccccc2)c2ccccc2)CC1. The van der Waals surface area contributed by atoms with E-state index >= 15 is 0 Å². The molecule has 0 bridgehead atoms. The first-order chi connectivity index (χ1) is 12.4. The normalized spacial score (nSPS) is 15.9. The number of rotatable bonds is 3. The van der Waals surface area contributed by atoms with Crippen LogP contribution in [-0.2, 0) is 4.74 Å². The van der Waals surface area contributed by atoms with Crippen LogP contribution in [0.25, 0.3) is 0 Å². The molecule has 0 aromatic heterocycles. The zero-order chi connectivity index (χ0) is 18.6. The molecule has 26 heavy (non-hydrogen) atoms. The van der Waals surface area contributed by atoms with Gasteiger partial charge in [-0.1, -0.05) is 60.7 Å². The molecule has 1 amide bonds. The van der Waals surface area contributed by atoms with Crippen molar-refractivity contribution in [1.82, 2.24) is 4.90 Å². The molecule has 138 valence electrons. The topological polar surface area (TPSA) is 29.5 Å². The van der Waals surface area contributed by atoms with E-state index in [9.17, 15) is 4.79 Å². The molecule has 3 heteroatoms. The Morgan fingerprint density at radius 2 is 1.38 bits per heavy atom. The molecule has 0 N–H and O–H groups in total. The quantitative estimate of drug-likeness (QED) is 0.734. The summed E-state index contributed by atoms with van der Waals surface area (Å²) < 4.78 is 5.53. The first kappa shape index (κ1) is 18.5. The van der Waals surface area contributed by atoms with Gasteiger partial charge in [-0.15, -0.1) is 0 Å². The van der Waals surface area contributed by atoms with Gasteiger partial charge in [0.1, 0.15) is 5.60 Å². The Balaban J connectivity index is 1.73. The molecule has 0 unspecified atom stereocenters. The summed E-state index contributed by atoms with van der Waals surface area (Å²) in [6.45, 7) is 7.26. The number of piperidine rings is 1. The maximum absolute atomic E-state index is 12.3. The highest BCUT2D eigenvalue weighted by atomic mass is 16.6. The van der Waals surface area contributed by atoms with Crippen LogP contribution in [-0.4, -0.2) is 29.7 Å². The molecule has 1 aliphatic heterocycles. The molecule has 3 rings (SSSR count). The molecule has 0 aliphatic carbocycles. The smallest absolute Gasteiger partial charge is 0.410 e. The van der Waals surface area contributed by atoms with E-state index in [1.807, 2.05) is 25.7 Å². The second-order valence-corrected chi connectivity index (χ2v) is 8.10. The first-order valence-electron chi connectivity index (χ1n) is 9.52. The van der Waals surface area contributed by atoms with Gasteiger partial charge in [0.15, 0.2) is 0 Å². The number of amides is 1. The van der Waals surface area contributed by atoms with E-state index in [0.29, 0.717) is 11.8 Å². The molecule has 2 aromatic rings. The van der Waals surface area contributed by atoms with Crippen molar-refractivity contribution in [2.45, 2.75) is 45.1 Å². The lowest BCUT2D eigenvalue weighted by Gasteiger charge is -2.37. The van der Waals surface area contributed by atoms with E-state index in [1.54, 1.807) is 0 Å². The van der Waals surface area contributed by atoms with Crippen LogP contribution in [0.2, 0.25) is 0 Å². The van der Waals surface area contributed by atoms with Gasteiger partial charge in [0, 0.05) is 19.0 Å². The largest absolute Gasteiger partial charge is 0.444 e. The highest BCUT2D eigenvalue weighted by Crippen LogP contribution is 2.38. The Bertz CT molecular complexity index is 658. The fourth-order valence-corrected chi connectivity index (χ4v) is 3.80. The number of benzene rings is 2. The Morgan fingerprint density at radius 1 is 0.923 bits per heavy atom. The zero-order valence-corrected chi connectivity index (χ0v) is 16.0. The van der Waals surface area contributed by atoms with Gasteiger partial charge in [0.05, 0.1) is 0 Å². The van der Waals surface area contributed by atoms with Crippen LogP contribution >= 0.6 is 0 Å². The van der Waals surface area contributed by atoms with Crippen LogP contribution in [0, 0.1) is 5.92 Å². The summed E-state index contributed by atoms with van der Waals surface area (Å²) in [5.41, 5.74) is 2.27. The van der Waals surface area contributed by atoms with Crippen LogP contribution in [0.1, 0.15) is 50.7 Å². The average molecular weight is 351 g/mol. The van der Waals surface area contributed by atoms with Crippen molar-refractivity contribution in [2.24, 2.45) is 5.92 Å². The second kappa shape index (κ2) is 7.94. The second-order valence-electron chi connectivity index (χ2n) is 8.10. The van der Waals surface area contributed by atoms with E-state index < -0.39 is 5.60 Å². The molecular formula is C23H29NO2. The number of carbonyl (C=O) groups excluding carboxylic acids is 1. The van der Waals surface area contributed by atoms with Crippen LogP contribution in [0.5, 0.6) is 0 Å². The average Bonchev–Trinajstić information content (AvgIpc) is 2.63. The fourth-order valence-electron chi connectivity index (χ4n) is 3.80. The Hall–Kier alpha value is -2.29. The Morgan fingerprint density at radius 3 is 1.81 bits per heavy atom. The lowest BCUT2D eigenvalue weighted by molar-refractivity contribution is 0.0178. The van der Waals surface area contributed by atoms with E-state index in [2.05, 4.69) is 60.7 Å². The van der Waals surface area contributed by atoms with Crippen molar-refractivity contribution in [3.63, 3.8) is 0 Å². The number of nitrogens with zero attached hydrogens (tertiary/aromatic N) is 1. The standard InChI is InChI=1S/C23H29NO2/c1-23(2,3)26-22(25)24-16-14-20(15-17-24)21(18-10-6-4-7-11-18)19-12-8-5-9-13-19/h4-13,20-21H,14-17H2,1-3H3. The first-order valence-corrected chi connectivity index (χ1v) is 9.52. The van der Waals surface area contributed by atoms with Gasteiger partial charge < -0.3 is 9.64 Å². The van der Waals surface area contributed by atoms with Gasteiger partial charge in [-0.05, 0) is 50.7 Å². The van der Waals surface area contributed by atoms with Crippen molar-refractivity contribution in [1.29, 1.82) is 0 Å². The lowest BCUT2D eigenvalue weighted by Crippen LogP contribution is -2.42. The van der Waals surface area contributed by atoms with Gasteiger partial charge >= 0.3 is 6.09 Å². The van der Waals surface area contributed by atoms with E-state index in [-0.39, 0.29) is 6.09 Å². The predicted octanol–water partition coefficient (Wildman–Crippen LogP) is 5.47. The Kier molecular flexibility index (Phi) is 5.65. The summed E-state index contributed by atoms with van der Waals surface area (Å²) in [4.78, 5) is 14.2. The summed E-state index contributed by atoms with van der Waals surface area (Å²) >= 11 is 0.